The summed E-state index contributed by atoms with van der Waals surface area (Å²) in [5.41, 5.74) is 0.585. The van der Waals surface area contributed by atoms with Crippen LogP contribution in [0, 0.1) is 11.7 Å². The van der Waals surface area contributed by atoms with Gasteiger partial charge in [-0.1, -0.05) is 32.9 Å². The van der Waals surface area contributed by atoms with Gasteiger partial charge in [0, 0.05) is 25.2 Å². The first kappa shape index (κ1) is 36.0. The summed E-state index contributed by atoms with van der Waals surface area (Å²) >= 11 is 0. The van der Waals surface area contributed by atoms with Crippen molar-refractivity contribution >= 4 is 27.5 Å². The minimum atomic E-state index is -4.49. The molecule has 0 heterocycles. The lowest BCUT2D eigenvalue weighted by Crippen LogP contribution is -2.52. The van der Waals surface area contributed by atoms with Crippen LogP contribution in [-0.2, 0) is 26.2 Å². The number of hydrogen-bond donors (Lipinski definition) is 1. The summed E-state index contributed by atoms with van der Waals surface area (Å²) in [6.07, 6.45) is 0.238. The van der Waals surface area contributed by atoms with Crippen LogP contribution in [0.25, 0.3) is 0 Å². The number of rotatable bonds is 16. The minimum Gasteiger partial charge on any atom is -0.497 e. The van der Waals surface area contributed by atoms with Gasteiger partial charge < -0.3 is 29.2 Å². The fourth-order valence-electron chi connectivity index (χ4n) is 4.74. The Morgan fingerprint density at radius 2 is 1.48 bits per heavy atom. The molecule has 0 saturated heterocycles. The van der Waals surface area contributed by atoms with Gasteiger partial charge in [0.2, 0.25) is 11.8 Å². The van der Waals surface area contributed by atoms with Crippen LogP contribution in [0.2, 0.25) is 0 Å². The van der Waals surface area contributed by atoms with E-state index in [1.54, 1.807) is 13.0 Å². The standard InChI is InChI=1S/C33H42FN3O8S/c1-8-27(33(39)35-19-22(2)3)36(20-23-9-11-24(34)12-10-23)32(38)21-37(28-17-25(42-4)13-15-29(28)43-5)46(40,41)26-14-16-30(44-6)31(18-26)45-7/h9-18,22,27H,8,19-21H2,1-7H3,(H,35,39)/t27-/m1/s1. The molecule has 3 aromatic carbocycles. The molecule has 0 aliphatic carbocycles. The molecule has 250 valence electrons. The number of carbonyl (C=O) groups excluding carboxylic acids is 2. The van der Waals surface area contributed by atoms with E-state index in [4.69, 9.17) is 18.9 Å². The summed E-state index contributed by atoms with van der Waals surface area (Å²) < 4.78 is 65.0. The average molecular weight is 660 g/mol. The van der Waals surface area contributed by atoms with E-state index in [2.05, 4.69) is 5.32 Å². The molecule has 0 spiro atoms. The second-order valence-electron chi connectivity index (χ2n) is 10.8. The van der Waals surface area contributed by atoms with Gasteiger partial charge >= 0.3 is 0 Å². The summed E-state index contributed by atoms with van der Waals surface area (Å²) in [7, 11) is 1.12. The lowest BCUT2D eigenvalue weighted by molar-refractivity contribution is -0.140. The zero-order valence-electron chi connectivity index (χ0n) is 27.2. The zero-order chi connectivity index (χ0) is 34.0. The van der Waals surface area contributed by atoms with Crippen molar-refractivity contribution in [1.29, 1.82) is 0 Å². The van der Waals surface area contributed by atoms with Crippen molar-refractivity contribution in [2.45, 2.75) is 44.7 Å². The maximum Gasteiger partial charge on any atom is 0.265 e. The smallest absolute Gasteiger partial charge is 0.265 e. The number of halogens is 1. The van der Waals surface area contributed by atoms with E-state index >= 15 is 0 Å². The summed E-state index contributed by atoms with van der Waals surface area (Å²) in [6, 6.07) is 13.2. The highest BCUT2D eigenvalue weighted by Crippen LogP contribution is 2.38. The number of methoxy groups -OCH3 is 4. The first-order valence-corrected chi connectivity index (χ1v) is 16.1. The van der Waals surface area contributed by atoms with Gasteiger partial charge in [-0.3, -0.25) is 13.9 Å². The van der Waals surface area contributed by atoms with Gasteiger partial charge in [-0.2, -0.15) is 0 Å². The predicted molar refractivity (Wildman–Crippen MR) is 173 cm³/mol. The third-order valence-corrected chi connectivity index (χ3v) is 8.97. The van der Waals surface area contributed by atoms with Crippen molar-refractivity contribution in [3.8, 4) is 23.0 Å². The molecule has 0 aromatic heterocycles. The monoisotopic (exact) mass is 659 g/mol. The van der Waals surface area contributed by atoms with Gasteiger partial charge in [0.05, 0.1) is 39.0 Å². The molecule has 13 heteroatoms. The van der Waals surface area contributed by atoms with Gasteiger partial charge in [-0.25, -0.2) is 12.8 Å². The number of amides is 2. The fraction of sp³-hybridized carbons (Fsp3) is 0.394. The Hall–Kier alpha value is -4.52. The van der Waals surface area contributed by atoms with E-state index in [1.165, 1.54) is 87.9 Å². The molecule has 0 unspecified atom stereocenters. The molecular weight excluding hydrogens is 617 g/mol. The van der Waals surface area contributed by atoms with Crippen molar-refractivity contribution in [3.05, 3.63) is 72.0 Å². The highest BCUT2D eigenvalue weighted by atomic mass is 32.2. The van der Waals surface area contributed by atoms with E-state index in [1.807, 2.05) is 13.8 Å². The number of nitrogens with one attached hydrogen (secondary N) is 1. The number of hydrogen-bond acceptors (Lipinski definition) is 8. The summed E-state index contributed by atoms with van der Waals surface area (Å²) in [4.78, 5) is 28.9. The van der Waals surface area contributed by atoms with Crippen LogP contribution in [-0.4, -0.2) is 72.7 Å². The molecular formula is C33H42FN3O8S. The number of sulfonamides is 1. The van der Waals surface area contributed by atoms with Gasteiger partial charge in [-0.05, 0) is 54.3 Å². The van der Waals surface area contributed by atoms with Gasteiger partial charge in [-0.15, -0.1) is 0 Å². The first-order chi connectivity index (χ1) is 21.9. The highest BCUT2D eigenvalue weighted by Gasteiger charge is 2.35. The second-order valence-corrected chi connectivity index (χ2v) is 12.6. The van der Waals surface area contributed by atoms with Crippen LogP contribution in [0.1, 0.15) is 32.8 Å². The van der Waals surface area contributed by atoms with E-state index in [9.17, 15) is 22.4 Å². The van der Waals surface area contributed by atoms with E-state index in [0.29, 0.717) is 23.6 Å². The van der Waals surface area contributed by atoms with Crippen molar-refractivity contribution in [3.63, 3.8) is 0 Å². The molecule has 0 bridgehead atoms. The van der Waals surface area contributed by atoms with Crippen LogP contribution in [0.4, 0.5) is 10.1 Å². The third-order valence-electron chi connectivity index (χ3n) is 7.21. The molecule has 11 nitrogen and oxygen atoms in total. The molecule has 0 aliphatic rings. The predicted octanol–water partition coefficient (Wildman–Crippen LogP) is 4.64. The summed E-state index contributed by atoms with van der Waals surface area (Å²) in [5, 5.41) is 2.87. The van der Waals surface area contributed by atoms with Crippen LogP contribution in [0.5, 0.6) is 23.0 Å². The largest absolute Gasteiger partial charge is 0.497 e. The molecule has 2 amide bonds. The number of nitrogens with zero attached hydrogens (tertiary/aromatic N) is 2. The maximum absolute atomic E-state index is 14.4. The topological polar surface area (TPSA) is 124 Å². The molecule has 3 aromatic rings. The van der Waals surface area contributed by atoms with E-state index in [-0.39, 0.29) is 46.9 Å². The van der Waals surface area contributed by atoms with Crippen molar-refractivity contribution in [1.82, 2.24) is 10.2 Å². The Balaban J connectivity index is 2.18. The minimum absolute atomic E-state index is 0.0315. The SMILES string of the molecule is CC[C@H](C(=O)NCC(C)C)N(Cc1ccc(F)cc1)C(=O)CN(c1cc(OC)ccc1OC)S(=O)(=O)c1ccc(OC)c(OC)c1. The number of carbonyl (C=O) groups is 2. The Morgan fingerprint density at radius 3 is 2.04 bits per heavy atom. The van der Waals surface area contributed by atoms with Crippen molar-refractivity contribution in [2.24, 2.45) is 5.92 Å². The second kappa shape index (κ2) is 16.2. The molecule has 0 radical (unpaired) electrons. The maximum atomic E-state index is 14.4. The molecule has 0 saturated carbocycles. The molecule has 1 N–H and O–H groups in total. The molecule has 0 aliphatic heterocycles. The Kier molecular flexibility index (Phi) is 12.6. The normalized spacial score (nSPS) is 11.8. The molecule has 0 fully saturated rings. The van der Waals surface area contributed by atoms with Crippen LogP contribution in [0.3, 0.4) is 0 Å². The van der Waals surface area contributed by atoms with Gasteiger partial charge in [0.1, 0.15) is 29.9 Å². The average Bonchev–Trinajstić information content (AvgIpc) is 3.05. The van der Waals surface area contributed by atoms with Crippen LogP contribution < -0.4 is 28.6 Å². The lowest BCUT2D eigenvalue weighted by atomic mass is 10.1. The number of ether oxygens (including phenoxy) is 4. The first-order valence-electron chi connectivity index (χ1n) is 14.7. The van der Waals surface area contributed by atoms with Crippen LogP contribution in [0.15, 0.2) is 65.6 Å². The zero-order valence-corrected chi connectivity index (χ0v) is 28.0. The Morgan fingerprint density at radius 1 is 0.848 bits per heavy atom. The van der Waals surface area contributed by atoms with Crippen LogP contribution >= 0.6 is 0 Å². The highest BCUT2D eigenvalue weighted by molar-refractivity contribution is 7.92. The van der Waals surface area contributed by atoms with Gasteiger partial charge in [0.15, 0.2) is 11.5 Å². The van der Waals surface area contributed by atoms with Gasteiger partial charge in [0.25, 0.3) is 10.0 Å². The number of anilines is 1. The summed E-state index contributed by atoms with van der Waals surface area (Å²) in [6.45, 7) is 5.24. The Bertz CT molecular complexity index is 1600. The molecule has 3 rings (SSSR count). The summed E-state index contributed by atoms with van der Waals surface area (Å²) in [5.74, 6) is -0.413. The quantitative estimate of drug-likeness (QED) is 0.236. The van der Waals surface area contributed by atoms with Crippen molar-refractivity contribution < 1.29 is 41.3 Å². The third kappa shape index (κ3) is 8.59. The molecule has 1 atom stereocenters. The van der Waals surface area contributed by atoms with E-state index < -0.39 is 34.3 Å². The number of benzene rings is 3. The molecule has 46 heavy (non-hydrogen) atoms. The van der Waals surface area contributed by atoms with Crippen molar-refractivity contribution in [2.75, 3.05) is 45.8 Å². The lowest BCUT2D eigenvalue weighted by Gasteiger charge is -2.33. The fourth-order valence-corrected chi connectivity index (χ4v) is 6.17. The van der Waals surface area contributed by atoms with E-state index in [0.717, 1.165) is 4.31 Å². The Labute approximate surface area is 270 Å².